The van der Waals surface area contributed by atoms with E-state index < -0.39 is 6.09 Å². The maximum Gasteiger partial charge on any atom is 0.407 e. The summed E-state index contributed by atoms with van der Waals surface area (Å²) >= 11 is 0. The molecule has 2 rings (SSSR count). The first-order valence-corrected chi connectivity index (χ1v) is 4.35. The zero-order valence-corrected chi connectivity index (χ0v) is 8.22. The average Bonchev–Trinajstić information content (AvgIpc) is 2.27. The monoisotopic (exact) mass is 206 g/mol. The van der Waals surface area contributed by atoms with Crippen LogP contribution in [-0.2, 0) is 0 Å². The van der Waals surface area contributed by atoms with Crippen molar-refractivity contribution in [3.8, 4) is 0 Å². The van der Waals surface area contributed by atoms with E-state index in [0.717, 1.165) is 19.3 Å². The van der Waals surface area contributed by atoms with E-state index in [0.29, 0.717) is 19.1 Å². The predicted octanol–water partition coefficient (Wildman–Crippen LogP) is 0.899. The summed E-state index contributed by atoms with van der Waals surface area (Å²) in [4.78, 5) is 12.0. The molecule has 1 aliphatic carbocycles. The molecule has 0 aromatic heterocycles. The van der Waals surface area contributed by atoms with Crippen LogP contribution in [0.25, 0.3) is 0 Å². The van der Waals surface area contributed by atoms with Crippen molar-refractivity contribution in [2.75, 3.05) is 13.1 Å². The summed E-state index contributed by atoms with van der Waals surface area (Å²) in [5, 5.41) is 8.64. The zero-order chi connectivity index (χ0) is 8.77. The van der Waals surface area contributed by atoms with Crippen LogP contribution in [0.15, 0.2) is 0 Å². The van der Waals surface area contributed by atoms with Crippen LogP contribution in [0.5, 0.6) is 0 Å². The summed E-state index contributed by atoms with van der Waals surface area (Å²) in [6, 6.07) is 0.306. The molecule has 0 radical (unpaired) electrons. The topological polar surface area (TPSA) is 66.6 Å². The Balaban J connectivity index is 0.000000845. The minimum absolute atomic E-state index is 0. The molecular weight excluding hydrogens is 192 g/mol. The largest absolute Gasteiger partial charge is 0.465 e. The molecule has 0 aromatic rings. The highest BCUT2D eigenvalue weighted by Crippen LogP contribution is 2.44. The number of halogens is 1. The lowest BCUT2D eigenvalue weighted by Gasteiger charge is -2.46. The highest BCUT2D eigenvalue weighted by atomic mass is 35.5. The van der Waals surface area contributed by atoms with E-state index in [-0.39, 0.29) is 17.8 Å². The Labute approximate surface area is 83.5 Å². The normalized spacial score (nSPS) is 29.6. The fourth-order valence-corrected chi connectivity index (χ4v) is 2.44. The summed E-state index contributed by atoms with van der Waals surface area (Å²) in [5.74, 6) is 0. The predicted molar refractivity (Wildman–Crippen MR) is 51.1 cm³/mol. The van der Waals surface area contributed by atoms with Gasteiger partial charge in [0.2, 0.25) is 0 Å². The van der Waals surface area contributed by atoms with Crippen LogP contribution < -0.4 is 5.73 Å². The number of carbonyl (C=O) groups is 1. The van der Waals surface area contributed by atoms with Crippen LogP contribution in [0.1, 0.15) is 19.3 Å². The molecule has 76 valence electrons. The Morgan fingerprint density at radius 1 is 1.54 bits per heavy atom. The molecule has 1 amide bonds. The molecule has 1 spiro atoms. The first kappa shape index (κ1) is 10.6. The number of nitrogens with two attached hydrogens (primary N) is 1. The number of amides is 1. The SMILES string of the molecule is Cl.N[C@@H]1CCC2(C1)CN(C(=O)O)C2. The van der Waals surface area contributed by atoms with Crippen molar-refractivity contribution in [1.82, 2.24) is 4.90 Å². The highest BCUT2D eigenvalue weighted by Gasteiger charge is 2.48. The molecule has 3 N–H and O–H groups in total. The van der Waals surface area contributed by atoms with Gasteiger partial charge in [0.05, 0.1) is 0 Å². The third-order valence-corrected chi connectivity index (χ3v) is 3.06. The van der Waals surface area contributed by atoms with Crippen LogP contribution in [0.3, 0.4) is 0 Å². The third kappa shape index (κ3) is 1.74. The van der Waals surface area contributed by atoms with Gasteiger partial charge in [0.15, 0.2) is 0 Å². The Bertz CT molecular complexity index is 216. The first-order chi connectivity index (χ1) is 5.61. The average molecular weight is 207 g/mol. The highest BCUT2D eigenvalue weighted by molar-refractivity contribution is 5.85. The molecule has 1 saturated carbocycles. The van der Waals surface area contributed by atoms with Gasteiger partial charge in [-0.15, -0.1) is 12.4 Å². The van der Waals surface area contributed by atoms with Gasteiger partial charge in [-0.05, 0) is 19.3 Å². The van der Waals surface area contributed by atoms with Crippen LogP contribution in [-0.4, -0.2) is 35.2 Å². The van der Waals surface area contributed by atoms with Gasteiger partial charge in [-0.3, -0.25) is 0 Å². The molecule has 1 atom stereocenters. The molecule has 1 aliphatic heterocycles. The maximum absolute atomic E-state index is 10.5. The van der Waals surface area contributed by atoms with Gasteiger partial charge in [-0.1, -0.05) is 0 Å². The fraction of sp³-hybridized carbons (Fsp3) is 0.875. The van der Waals surface area contributed by atoms with E-state index in [1.54, 1.807) is 0 Å². The van der Waals surface area contributed by atoms with Crippen LogP contribution in [0.4, 0.5) is 4.79 Å². The van der Waals surface area contributed by atoms with Crippen molar-refractivity contribution in [2.24, 2.45) is 11.1 Å². The molecule has 2 fully saturated rings. The Morgan fingerprint density at radius 2 is 2.15 bits per heavy atom. The standard InChI is InChI=1S/C8H14N2O2.ClH/c9-6-1-2-8(3-6)4-10(5-8)7(11)12;/h6H,1-5,9H2,(H,11,12);1H/t6-;/m1./s1. The summed E-state index contributed by atoms with van der Waals surface area (Å²) in [6.07, 6.45) is 2.39. The van der Waals surface area contributed by atoms with Crippen molar-refractivity contribution in [3.63, 3.8) is 0 Å². The molecule has 5 heteroatoms. The van der Waals surface area contributed by atoms with E-state index in [1.807, 2.05) is 0 Å². The van der Waals surface area contributed by atoms with Crippen LogP contribution >= 0.6 is 12.4 Å². The van der Waals surface area contributed by atoms with E-state index in [2.05, 4.69) is 0 Å². The van der Waals surface area contributed by atoms with Crippen molar-refractivity contribution in [3.05, 3.63) is 0 Å². The van der Waals surface area contributed by atoms with Crippen molar-refractivity contribution in [1.29, 1.82) is 0 Å². The van der Waals surface area contributed by atoms with Crippen molar-refractivity contribution >= 4 is 18.5 Å². The number of rotatable bonds is 0. The summed E-state index contributed by atoms with van der Waals surface area (Å²) in [6.45, 7) is 1.41. The minimum Gasteiger partial charge on any atom is -0.465 e. The van der Waals surface area contributed by atoms with Gasteiger partial charge >= 0.3 is 6.09 Å². The Kier molecular flexibility index (Phi) is 2.73. The second-order valence-electron chi connectivity index (χ2n) is 4.14. The van der Waals surface area contributed by atoms with Gasteiger partial charge in [-0.2, -0.15) is 0 Å². The number of hydrogen-bond donors (Lipinski definition) is 2. The lowest BCUT2D eigenvalue weighted by molar-refractivity contribution is 0.0143. The number of nitrogens with zero attached hydrogens (tertiary/aromatic N) is 1. The molecule has 0 aromatic carbocycles. The summed E-state index contributed by atoms with van der Waals surface area (Å²) in [5.41, 5.74) is 6.04. The Hall–Kier alpha value is -0.480. The molecule has 13 heavy (non-hydrogen) atoms. The second-order valence-corrected chi connectivity index (χ2v) is 4.14. The molecule has 2 aliphatic rings. The quantitative estimate of drug-likeness (QED) is 0.619. The third-order valence-electron chi connectivity index (χ3n) is 3.06. The van der Waals surface area contributed by atoms with Gasteiger partial charge in [-0.25, -0.2) is 4.79 Å². The molecule has 4 nitrogen and oxygen atoms in total. The minimum atomic E-state index is -0.791. The molecule has 1 saturated heterocycles. The van der Waals surface area contributed by atoms with Gasteiger partial charge in [0.1, 0.15) is 0 Å². The van der Waals surface area contributed by atoms with E-state index in [4.69, 9.17) is 10.8 Å². The molecule has 1 heterocycles. The number of likely N-dealkylation sites (tertiary alicyclic amines) is 1. The van der Waals surface area contributed by atoms with E-state index >= 15 is 0 Å². The lowest BCUT2D eigenvalue weighted by Crippen LogP contribution is -2.57. The molecule has 0 bridgehead atoms. The Morgan fingerprint density at radius 3 is 2.54 bits per heavy atom. The van der Waals surface area contributed by atoms with Gasteiger partial charge in [0.25, 0.3) is 0 Å². The smallest absolute Gasteiger partial charge is 0.407 e. The molecule has 0 unspecified atom stereocenters. The maximum atomic E-state index is 10.5. The lowest BCUT2D eigenvalue weighted by atomic mass is 9.78. The van der Waals surface area contributed by atoms with E-state index in [1.165, 1.54) is 4.90 Å². The van der Waals surface area contributed by atoms with Gasteiger partial charge in [0, 0.05) is 24.5 Å². The van der Waals surface area contributed by atoms with Crippen LogP contribution in [0, 0.1) is 5.41 Å². The van der Waals surface area contributed by atoms with Crippen LogP contribution in [0.2, 0.25) is 0 Å². The number of carboxylic acid groups (broad SMARTS) is 1. The van der Waals surface area contributed by atoms with Gasteiger partial charge < -0.3 is 15.7 Å². The van der Waals surface area contributed by atoms with Crippen molar-refractivity contribution < 1.29 is 9.90 Å². The number of hydrogen-bond acceptors (Lipinski definition) is 2. The molecular formula is C8H15ClN2O2. The zero-order valence-electron chi connectivity index (χ0n) is 7.40. The summed E-state index contributed by atoms with van der Waals surface area (Å²) in [7, 11) is 0. The van der Waals surface area contributed by atoms with E-state index in [9.17, 15) is 4.79 Å². The summed E-state index contributed by atoms with van der Waals surface area (Å²) < 4.78 is 0. The second kappa shape index (κ2) is 3.35. The first-order valence-electron chi connectivity index (χ1n) is 4.35. The fourth-order valence-electron chi connectivity index (χ4n) is 2.44. The van der Waals surface area contributed by atoms with Crippen molar-refractivity contribution in [2.45, 2.75) is 25.3 Å².